The molecule has 0 radical (unpaired) electrons. The summed E-state index contributed by atoms with van der Waals surface area (Å²) < 4.78 is 0. The lowest BCUT2D eigenvalue weighted by Gasteiger charge is -2.19. The molecular formula is C17H18N2O. The summed E-state index contributed by atoms with van der Waals surface area (Å²) in [6.45, 7) is 0. The highest BCUT2D eigenvalue weighted by Crippen LogP contribution is 2.33. The predicted molar refractivity (Wildman–Crippen MR) is 78.3 cm³/mol. The first-order chi connectivity index (χ1) is 9.75. The van der Waals surface area contributed by atoms with Crippen LogP contribution in [0.15, 0.2) is 54.9 Å². The van der Waals surface area contributed by atoms with Gasteiger partial charge in [-0.3, -0.25) is 9.78 Å². The molecule has 1 aromatic heterocycles. The third-order valence-corrected chi connectivity index (χ3v) is 4.10. The zero-order valence-corrected chi connectivity index (χ0v) is 11.6. The molecule has 2 aromatic rings. The van der Waals surface area contributed by atoms with Crippen LogP contribution < -0.4 is 0 Å². The molecule has 2 atom stereocenters. The van der Waals surface area contributed by atoms with Crippen molar-refractivity contribution in [3.8, 4) is 0 Å². The summed E-state index contributed by atoms with van der Waals surface area (Å²) in [5.41, 5.74) is 2.31. The van der Waals surface area contributed by atoms with E-state index in [1.807, 2.05) is 42.3 Å². The van der Waals surface area contributed by atoms with Crippen LogP contribution in [0.5, 0.6) is 0 Å². The third-order valence-electron chi connectivity index (χ3n) is 4.10. The van der Waals surface area contributed by atoms with Crippen molar-refractivity contribution in [2.75, 3.05) is 7.05 Å². The van der Waals surface area contributed by atoms with Gasteiger partial charge in [0.05, 0.1) is 5.92 Å². The van der Waals surface area contributed by atoms with E-state index in [-0.39, 0.29) is 17.9 Å². The molecule has 1 aromatic carbocycles. The molecule has 1 unspecified atom stereocenters. The fourth-order valence-corrected chi connectivity index (χ4v) is 2.92. The van der Waals surface area contributed by atoms with Crippen LogP contribution in [0, 0.1) is 0 Å². The van der Waals surface area contributed by atoms with Crippen LogP contribution in [0.25, 0.3) is 0 Å². The van der Waals surface area contributed by atoms with Gasteiger partial charge in [0.15, 0.2) is 0 Å². The highest BCUT2D eigenvalue weighted by atomic mass is 16.2. The molecule has 3 rings (SSSR count). The molecule has 1 fully saturated rings. The number of nitrogens with zero attached hydrogens (tertiary/aromatic N) is 2. The van der Waals surface area contributed by atoms with Crippen molar-refractivity contribution in [3.05, 3.63) is 66.0 Å². The minimum atomic E-state index is -0.0394. The number of likely N-dealkylation sites (N-methyl/N-ethyl adjacent to an activating group) is 1. The Kier molecular flexibility index (Phi) is 3.50. The van der Waals surface area contributed by atoms with Gasteiger partial charge in [0.2, 0.25) is 5.91 Å². The zero-order valence-electron chi connectivity index (χ0n) is 11.6. The quantitative estimate of drug-likeness (QED) is 0.855. The maximum Gasteiger partial charge on any atom is 0.230 e. The summed E-state index contributed by atoms with van der Waals surface area (Å²) in [6, 6.07) is 14.5. The molecule has 1 aliphatic heterocycles. The third kappa shape index (κ3) is 2.44. The van der Waals surface area contributed by atoms with Crippen molar-refractivity contribution < 1.29 is 4.79 Å². The van der Waals surface area contributed by atoms with Gasteiger partial charge in [0.1, 0.15) is 0 Å². The molecule has 20 heavy (non-hydrogen) atoms. The largest absolute Gasteiger partial charge is 0.342 e. The Hall–Kier alpha value is -2.16. The molecule has 0 saturated carbocycles. The van der Waals surface area contributed by atoms with Crippen LogP contribution in [0.4, 0.5) is 0 Å². The number of rotatable bonds is 3. The Balaban J connectivity index is 1.77. The van der Waals surface area contributed by atoms with E-state index in [4.69, 9.17) is 0 Å². The molecule has 3 nitrogen and oxygen atoms in total. The highest BCUT2D eigenvalue weighted by molar-refractivity contribution is 5.86. The van der Waals surface area contributed by atoms with E-state index in [0.29, 0.717) is 0 Å². The summed E-state index contributed by atoms with van der Waals surface area (Å²) in [6.07, 6.45) is 5.34. The Morgan fingerprint density at radius 2 is 2.00 bits per heavy atom. The lowest BCUT2D eigenvalue weighted by molar-refractivity contribution is -0.128. The Morgan fingerprint density at radius 1 is 1.20 bits per heavy atom. The van der Waals surface area contributed by atoms with Gasteiger partial charge in [0, 0.05) is 25.5 Å². The monoisotopic (exact) mass is 266 g/mol. The Morgan fingerprint density at radius 3 is 2.70 bits per heavy atom. The number of benzene rings is 1. The maximum absolute atomic E-state index is 12.4. The van der Waals surface area contributed by atoms with Crippen LogP contribution in [0.3, 0.4) is 0 Å². The predicted octanol–water partition coefficient (Wildman–Crippen LogP) is 2.64. The van der Waals surface area contributed by atoms with Crippen LogP contribution in [0.2, 0.25) is 0 Å². The van der Waals surface area contributed by atoms with Gasteiger partial charge in [-0.15, -0.1) is 0 Å². The maximum atomic E-state index is 12.4. The first-order valence-electron chi connectivity index (χ1n) is 6.96. The SMILES string of the molecule is CN1C(=O)C(c2cccnc2)C[C@@H]1Cc1ccccc1. The number of aromatic nitrogens is 1. The fraction of sp³-hybridized carbons (Fsp3) is 0.294. The van der Waals surface area contributed by atoms with Crippen molar-refractivity contribution in [2.24, 2.45) is 0 Å². The summed E-state index contributed by atoms with van der Waals surface area (Å²) in [4.78, 5) is 18.4. The van der Waals surface area contributed by atoms with E-state index >= 15 is 0 Å². The second-order valence-corrected chi connectivity index (χ2v) is 5.37. The standard InChI is InChI=1S/C17H18N2O/c1-19-15(10-13-6-3-2-4-7-13)11-16(17(19)20)14-8-5-9-18-12-14/h2-9,12,15-16H,10-11H2,1H3/t15-,16?/m0/s1. The Bertz CT molecular complexity index is 582. The van der Waals surface area contributed by atoms with Crippen LogP contribution in [-0.4, -0.2) is 28.9 Å². The van der Waals surface area contributed by atoms with E-state index in [0.717, 1.165) is 18.4 Å². The van der Waals surface area contributed by atoms with Crippen molar-refractivity contribution in [3.63, 3.8) is 0 Å². The average molecular weight is 266 g/mol. The second-order valence-electron chi connectivity index (χ2n) is 5.37. The smallest absolute Gasteiger partial charge is 0.230 e. The van der Waals surface area contributed by atoms with Crippen molar-refractivity contribution in [1.29, 1.82) is 0 Å². The fourth-order valence-electron chi connectivity index (χ4n) is 2.92. The molecule has 0 spiro atoms. The molecule has 1 saturated heterocycles. The van der Waals surface area contributed by atoms with Crippen LogP contribution in [-0.2, 0) is 11.2 Å². The van der Waals surface area contributed by atoms with E-state index < -0.39 is 0 Å². The van der Waals surface area contributed by atoms with Crippen molar-refractivity contribution in [1.82, 2.24) is 9.88 Å². The molecule has 0 bridgehead atoms. The van der Waals surface area contributed by atoms with Gasteiger partial charge in [-0.2, -0.15) is 0 Å². The van der Waals surface area contributed by atoms with Crippen LogP contribution >= 0.6 is 0 Å². The first kappa shape index (κ1) is 12.9. The molecule has 102 valence electrons. The van der Waals surface area contributed by atoms with Gasteiger partial charge < -0.3 is 4.90 Å². The molecule has 0 N–H and O–H groups in total. The first-order valence-corrected chi connectivity index (χ1v) is 6.96. The van der Waals surface area contributed by atoms with Gasteiger partial charge in [0.25, 0.3) is 0 Å². The minimum absolute atomic E-state index is 0.0394. The van der Waals surface area contributed by atoms with Gasteiger partial charge in [-0.1, -0.05) is 36.4 Å². The van der Waals surface area contributed by atoms with Crippen LogP contribution in [0.1, 0.15) is 23.5 Å². The van der Waals surface area contributed by atoms with E-state index in [9.17, 15) is 4.79 Å². The summed E-state index contributed by atoms with van der Waals surface area (Å²) in [7, 11) is 1.91. The average Bonchev–Trinajstić information content (AvgIpc) is 2.78. The number of carbonyl (C=O) groups excluding carboxylic acids is 1. The lowest BCUT2D eigenvalue weighted by atomic mass is 9.95. The minimum Gasteiger partial charge on any atom is -0.342 e. The van der Waals surface area contributed by atoms with E-state index in [2.05, 4.69) is 17.1 Å². The molecule has 1 aliphatic rings. The highest BCUT2D eigenvalue weighted by Gasteiger charge is 2.37. The normalized spacial score (nSPS) is 22.2. The number of pyridine rings is 1. The zero-order chi connectivity index (χ0) is 13.9. The molecule has 2 heterocycles. The van der Waals surface area contributed by atoms with Crippen molar-refractivity contribution >= 4 is 5.91 Å². The molecule has 0 aliphatic carbocycles. The summed E-state index contributed by atoms with van der Waals surface area (Å²) in [5, 5.41) is 0. The summed E-state index contributed by atoms with van der Waals surface area (Å²) >= 11 is 0. The number of carbonyl (C=O) groups is 1. The molecule has 1 amide bonds. The van der Waals surface area contributed by atoms with Gasteiger partial charge in [-0.25, -0.2) is 0 Å². The Labute approximate surface area is 119 Å². The lowest BCUT2D eigenvalue weighted by Crippen LogP contribution is -2.30. The van der Waals surface area contributed by atoms with Gasteiger partial charge >= 0.3 is 0 Å². The van der Waals surface area contributed by atoms with Crippen molar-refractivity contribution in [2.45, 2.75) is 24.8 Å². The topological polar surface area (TPSA) is 33.2 Å². The molecule has 3 heteroatoms. The number of likely N-dealkylation sites (tertiary alicyclic amines) is 1. The second kappa shape index (κ2) is 5.45. The number of amides is 1. The van der Waals surface area contributed by atoms with E-state index in [1.54, 1.807) is 12.4 Å². The number of hydrogen-bond acceptors (Lipinski definition) is 2. The van der Waals surface area contributed by atoms with Gasteiger partial charge in [-0.05, 0) is 30.0 Å². The molecular weight excluding hydrogens is 248 g/mol. The van der Waals surface area contributed by atoms with E-state index in [1.165, 1.54) is 5.56 Å². The summed E-state index contributed by atoms with van der Waals surface area (Å²) in [5.74, 6) is 0.168. The number of hydrogen-bond donors (Lipinski definition) is 0.